The third-order valence-corrected chi connectivity index (χ3v) is 4.21. The van der Waals surface area contributed by atoms with E-state index in [-0.39, 0.29) is 12.4 Å². The lowest BCUT2D eigenvalue weighted by atomic mass is 10.0. The number of nitrogens with zero attached hydrogens (tertiary/aromatic N) is 1. The van der Waals surface area contributed by atoms with Gasteiger partial charge >= 0.3 is 0 Å². The molecule has 1 aliphatic rings. The van der Waals surface area contributed by atoms with Crippen LogP contribution in [0.25, 0.3) is 0 Å². The molecule has 0 spiro atoms. The molecule has 21 heavy (non-hydrogen) atoms. The van der Waals surface area contributed by atoms with Crippen LogP contribution in [0.5, 0.6) is 0 Å². The number of benzene rings is 2. The smallest absolute Gasteiger partial charge is 0.132 e. The molecule has 2 N–H and O–H groups in total. The molecular formula is C18H21FN2. The Morgan fingerprint density at radius 3 is 2.57 bits per heavy atom. The van der Waals surface area contributed by atoms with Gasteiger partial charge in [-0.1, -0.05) is 42.5 Å². The Balaban J connectivity index is 1.80. The predicted molar refractivity (Wildman–Crippen MR) is 83.2 cm³/mol. The van der Waals surface area contributed by atoms with Crippen LogP contribution in [0, 0.1) is 5.82 Å². The molecule has 0 unspecified atom stereocenters. The summed E-state index contributed by atoms with van der Waals surface area (Å²) in [7, 11) is 0. The van der Waals surface area contributed by atoms with E-state index >= 15 is 0 Å². The van der Waals surface area contributed by atoms with E-state index in [0.29, 0.717) is 12.1 Å². The summed E-state index contributed by atoms with van der Waals surface area (Å²) in [6.07, 6.45) is 2.23. The van der Waals surface area contributed by atoms with E-state index in [9.17, 15) is 4.39 Å². The number of nitrogens with two attached hydrogens (primary N) is 1. The van der Waals surface area contributed by atoms with Crippen molar-refractivity contribution in [3.63, 3.8) is 0 Å². The lowest BCUT2D eigenvalue weighted by molar-refractivity contribution is 0.257. The van der Waals surface area contributed by atoms with Crippen LogP contribution in [0.15, 0.2) is 42.5 Å². The van der Waals surface area contributed by atoms with Crippen molar-refractivity contribution in [2.45, 2.75) is 32.5 Å². The minimum Gasteiger partial charge on any atom is -0.326 e. The molecule has 0 fully saturated rings. The zero-order valence-corrected chi connectivity index (χ0v) is 12.2. The third-order valence-electron chi connectivity index (χ3n) is 4.21. The average molecular weight is 284 g/mol. The predicted octanol–water partition coefficient (Wildman–Crippen LogP) is 3.23. The Morgan fingerprint density at radius 2 is 1.76 bits per heavy atom. The highest BCUT2D eigenvalue weighted by Crippen LogP contribution is 2.21. The molecule has 0 saturated carbocycles. The molecule has 2 aromatic carbocycles. The van der Waals surface area contributed by atoms with Gasteiger partial charge in [-0.15, -0.1) is 0 Å². The number of hydrogen-bond acceptors (Lipinski definition) is 2. The van der Waals surface area contributed by atoms with E-state index in [0.717, 1.165) is 31.5 Å². The summed E-state index contributed by atoms with van der Waals surface area (Å²) in [5.41, 5.74) is 9.73. The maximum absolute atomic E-state index is 14.3. The lowest BCUT2D eigenvalue weighted by Crippen LogP contribution is -2.23. The van der Waals surface area contributed by atoms with Gasteiger partial charge in [0.2, 0.25) is 0 Å². The Hall–Kier alpha value is -1.71. The second-order valence-corrected chi connectivity index (χ2v) is 5.68. The molecule has 2 aromatic rings. The van der Waals surface area contributed by atoms with Gasteiger partial charge in [0.25, 0.3) is 0 Å². The highest BCUT2D eigenvalue weighted by atomic mass is 19.1. The van der Waals surface area contributed by atoms with Crippen LogP contribution in [-0.2, 0) is 26.1 Å². The van der Waals surface area contributed by atoms with Crippen LogP contribution in [0.4, 0.5) is 4.39 Å². The van der Waals surface area contributed by atoms with E-state index in [1.807, 2.05) is 12.1 Å². The zero-order chi connectivity index (χ0) is 14.7. The van der Waals surface area contributed by atoms with Crippen molar-refractivity contribution < 1.29 is 4.39 Å². The second-order valence-electron chi connectivity index (χ2n) is 5.68. The first kappa shape index (κ1) is 14.2. The van der Waals surface area contributed by atoms with Crippen molar-refractivity contribution in [2.75, 3.05) is 6.54 Å². The molecule has 3 rings (SSSR count). The molecule has 0 amide bonds. The molecule has 1 aliphatic heterocycles. The van der Waals surface area contributed by atoms with Gasteiger partial charge in [-0.3, -0.25) is 4.90 Å². The summed E-state index contributed by atoms with van der Waals surface area (Å²) in [6.45, 7) is 2.79. The molecule has 110 valence electrons. The summed E-state index contributed by atoms with van der Waals surface area (Å²) in [6, 6.07) is 14.1. The summed E-state index contributed by atoms with van der Waals surface area (Å²) >= 11 is 0. The van der Waals surface area contributed by atoms with Gasteiger partial charge in [0.05, 0.1) is 0 Å². The summed E-state index contributed by atoms with van der Waals surface area (Å²) in [5, 5.41) is 0. The van der Waals surface area contributed by atoms with E-state index in [2.05, 4.69) is 29.2 Å². The second kappa shape index (κ2) is 6.37. The van der Waals surface area contributed by atoms with Gasteiger partial charge in [0.15, 0.2) is 0 Å². The van der Waals surface area contributed by atoms with Crippen molar-refractivity contribution in [1.29, 1.82) is 0 Å². The summed E-state index contributed by atoms with van der Waals surface area (Å²) in [4.78, 5) is 2.32. The minimum absolute atomic E-state index is 0.141. The monoisotopic (exact) mass is 284 g/mol. The van der Waals surface area contributed by atoms with Crippen LogP contribution in [-0.4, -0.2) is 11.4 Å². The number of aryl methyl sites for hydroxylation is 1. The molecule has 2 nitrogen and oxygen atoms in total. The first-order valence-corrected chi connectivity index (χ1v) is 7.53. The maximum atomic E-state index is 14.3. The molecule has 1 heterocycles. The Bertz CT molecular complexity index is 624. The minimum atomic E-state index is -0.141. The van der Waals surface area contributed by atoms with E-state index in [1.165, 1.54) is 11.1 Å². The van der Waals surface area contributed by atoms with E-state index in [4.69, 9.17) is 5.73 Å². The molecule has 0 radical (unpaired) electrons. The van der Waals surface area contributed by atoms with Gasteiger partial charge in [-0.25, -0.2) is 4.39 Å². The molecule has 0 atom stereocenters. The Morgan fingerprint density at radius 1 is 1.00 bits per heavy atom. The van der Waals surface area contributed by atoms with Gasteiger partial charge in [-0.05, 0) is 30.5 Å². The highest BCUT2D eigenvalue weighted by molar-refractivity contribution is 5.29. The number of hydrogen-bond donors (Lipinski definition) is 1. The fourth-order valence-electron chi connectivity index (χ4n) is 3.06. The number of fused-ring (bicyclic) bond motifs is 1. The standard InChI is InChI=1S/C18H21FN2/c19-18-15(11-20)7-3-8-17(18)13-21-10-4-9-14-5-1-2-6-16(14)12-21/h1-3,5-8H,4,9-13,20H2. The van der Waals surface area contributed by atoms with Crippen LogP contribution in [0.1, 0.15) is 28.7 Å². The molecule has 0 aromatic heterocycles. The molecule has 3 heteroatoms. The molecule has 0 bridgehead atoms. The topological polar surface area (TPSA) is 29.3 Å². The summed E-state index contributed by atoms with van der Waals surface area (Å²) < 4.78 is 14.3. The van der Waals surface area contributed by atoms with Gasteiger partial charge < -0.3 is 5.73 Å². The van der Waals surface area contributed by atoms with Gasteiger partial charge in [0, 0.05) is 30.8 Å². The fraction of sp³-hybridized carbons (Fsp3) is 0.333. The molecular weight excluding hydrogens is 263 g/mol. The first-order valence-electron chi connectivity index (χ1n) is 7.53. The van der Waals surface area contributed by atoms with Crippen molar-refractivity contribution in [3.05, 3.63) is 70.5 Å². The van der Waals surface area contributed by atoms with Gasteiger partial charge in [0.1, 0.15) is 5.82 Å². The normalized spacial score (nSPS) is 15.5. The van der Waals surface area contributed by atoms with Crippen molar-refractivity contribution >= 4 is 0 Å². The molecule has 0 saturated heterocycles. The number of rotatable bonds is 3. The third kappa shape index (κ3) is 3.14. The molecule has 0 aliphatic carbocycles. The Labute approximate surface area is 125 Å². The average Bonchev–Trinajstić information content (AvgIpc) is 2.71. The maximum Gasteiger partial charge on any atom is 0.132 e. The quantitative estimate of drug-likeness (QED) is 0.937. The van der Waals surface area contributed by atoms with Crippen LogP contribution >= 0.6 is 0 Å². The van der Waals surface area contributed by atoms with Crippen molar-refractivity contribution in [1.82, 2.24) is 4.90 Å². The largest absolute Gasteiger partial charge is 0.326 e. The highest BCUT2D eigenvalue weighted by Gasteiger charge is 2.16. The number of halogens is 1. The van der Waals surface area contributed by atoms with Crippen LogP contribution in [0.2, 0.25) is 0 Å². The van der Waals surface area contributed by atoms with Crippen molar-refractivity contribution in [2.24, 2.45) is 5.73 Å². The Kier molecular flexibility index (Phi) is 4.32. The van der Waals surface area contributed by atoms with Gasteiger partial charge in [-0.2, -0.15) is 0 Å². The SMILES string of the molecule is NCc1cccc(CN2CCCc3ccccc3C2)c1F. The van der Waals surface area contributed by atoms with Crippen LogP contribution < -0.4 is 5.73 Å². The summed E-state index contributed by atoms with van der Waals surface area (Å²) in [5.74, 6) is -0.141. The fourth-order valence-corrected chi connectivity index (χ4v) is 3.06. The van der Waals surface area contributed by atoms with Crippen molar-refractivity contribution in [3.8, 4) is 0 Å². The van der Waals surface area contributed by atoms with Crippen LogP contribution in [0.3, 0.4) is 0 Å². The first-order chi connectivity index (χ1) is 10.3. The van der Waals surface area contributed by atoms with E-state index in [1.54, 1.807) is 6.07 Å². The van der Waals surface area contributed by atoms with E-state index < -0.39 is 0 Å². The zero-order valence-electron chi connectivity index (χ0n) is 12.2. The lowest BCUT2D eigenvalue weighted by Gasteiger charge is -2.21.